The zero-order valence-electron chi connectivity index (χ0n) is 11.6. The SMILES string of the molecule is CC(C)C1NC(=O)C(C)N(CCc2ccco2)C1=O. The van der Waals surface area contributed by atoms with Crippen LogP contribution in [0.15, 0.2) is 22.8 Å². The third-order valence-corrected chi connectivity index (χ3v) is 3.54. The Kier molecular flexibility index (Phi) is 3.93. The molecule has 2 atom stereocenters. The predicted octanol–water partition coefficient (Wildman–Crippen LogP) is 1.19. The van der Waals surface area contributed by atoms with E-state index in [1.165, 1.54) is 0 Å². The second kappa shape index (κ2) is 5.47. The average Bonchev–Trinajstić information content (AvgIpc) is 2.86. The van der Waals surface area contributed by atoms with Crippen molar-refractivity contribution in [3.8, 4) is 0 Å². The molecule has 0 bridgehead atoms. The first kappa shape index (κ1) is 13.6. The summed E-state index contributed by atoms with van der Waals surface area (Å²) in [4.78, 5) is 25.9. The summed E-state index contributed by atoms with van der Waals surface area (Å²) in [6.45, 7) is 6.13. The Morgan fingerprint density at radius 3 is 2.74 bits per heavy atom. The fraction of sp³-hybridized carbons (Fsp3) is 0.571. The van der Waals surface area contributed by atoms with Gasteiger partial charge < -0.3 is 14.6 Å². The molecule has 0 aliphatic carbocycles. The van der Waals surface area contributed by atoms with Gasteiger partial charge in [0.1, 0.15) is 17.8 Å². The smallest absolute Gasteiger partial charge is 0.246 e. The molecule has 0 aromatic carbocycles. The molecule has 1 aliphatic heterocycles. The van der Waals surface area contributed by atoms with Crippen LogP contribution in [-0.2, 0) is 16.0 Å². The molecule has 104 valence electrons. The number of hydrogen-bond acceptors (Lipinski definition) is 3. The van der Waals surface area contributed by atoms with Gasteiger partial charge in [-0.05, 0) is 25.0 Å². The van der Waals surface area contributed by atoms with E-state index in [0.717, 1.165) is 5.76 Å². The predicted molar refractivity (Wildman–Crippen MR) is 70.4 cm³/mol. The summed E-state index contributed by atoms with van der Waals surface area (Å²) in [5, 5.41) is 2.78. The van der Waals surface area contributed by atoms with E-state index < -0.39 is 12.1 Å². The monoisotopic (exact) mass is 264 g/mol. The van der Waals surface area contributed by atoms with Gasteiger partial charge in [0.25, 0.3) is 0 Å². The van der Waals surface area contributed by atoms with Crippen LogP contribution in [-0.4, -0.2) is 35.3 Å². The van der Waals surface area contributed by atoms with Gasteiger partial charge in [-0.3, -0.25) is 9.59 Å². The molecule has 0 saturated carbocycles. The third kappa shape index (κ3) is 2.80. The minimum Gasteiger partial charge on any atom is -0.469 e. The number of carbonyl (C=O) groups excluding carboxylic acids is 2. The van der Waals surface area contributed by atoms with Gasteiger partial charge in [-0.2, -0.15) is 0 Å². The molecule has 0 radical (unpaired) electrons. The Labute approximate surface area is 113 Å². The number of carbonyl (C=O) groups is 2. The van der Waals surface area contributed by atoms with E-state index in [0.29, 0.717) is 13.0 Å². The fourth-order valence-corrected chi connectivity index (χ4v) is 2.29. The Bertz CT molecular complexity index is 453. The molecule has 2 heterocycles. The first-order valence-corrected chi connectivity index (χ1v) is 6.64. The standard InChI is InChI=1S/C14H20N2O3/c1-9(2)12-14(18)16(10(3)13(17)15-12)7-6-11-5-4-8-19-11/h4-5,8-10,12H,6-7H2,1-3H3,(H,15,17). The Morgan fingerprint density at radius 1 is 1.42 bits per heavy atom. The number of hydrogen-bond donors (Lipinski definition) is 1. The third-order valence-electron chi connectivity index (χ3n) is 3.54. The van der Waals surface area contributed by atoms with E-state index >= 15 is 0 Å². The van der Waals surface area contributed by atoms with E-state index in [1.807, 2.05) is 26.0 Å². The van der Waals surface area contributed by atoms with Gasteiger partial charge in [-0.15, -0.1) is 0 Å². The molecular formula is C14H20N2O3. The molecule has 0 spiro atoms. The molecule has 1 fully saturated rings. The van der Waals surface area contributed by atoms with E-state index in [-0.39, 0.29) is 17.7 Å². The lowest BCUT2D eigenvalue weighted by Crippen LogP contribution is -2.64. The number of rotatable bonds is 4. The van der Waals surface area contributed by atoms with Crippen molar-refractivity contribution < 1.29 is 14.0 Å². The summed E-state index contributed by atoms with van der Waals surface area (Å²) in [6.07, 6.45) is 2.24. The number of furan rings is 1. The molecule has 2 rings (SSSR count). The molecule has 2 unspecified atom stereocenters. The maximum Gasteiger partial charge on any atom is 0.246 e. The van der Waals surface area contributed by atoms with Crippen LogP contribution < -0.4 is 5.32 Å². The molecule has 1 aromatic heterocycles. The number of piperazine rings is 1. The minimum atomic E-state index is -0.419. The van der Waals surface area contributed by atoms with Crippen LogP contribution in [0.25, 0.3) is 0 Å². The summed E-state index contributed by atoms with van der Waals surface area (Å²) in [6, 6.07) is 2.86. The van der Waals surface area contributed by atoms with Crippen LogP contribution in [0.1, 0.15) is 26.5 Å². The second-order valence-electron chi connectivity index (χ2n) is 5.27. The van der Waals surface area contributed by atoms with E-state index in [4.69, 9.17) is 4.42 Å². The molecule has 5 nitrogen and oxygen atoms in total. The summed E-state index contributed by atoms with van der Waals surface area (Å²) < 4.78 is 5.26. The first-order chi connectivity index (χ1) is 9.00. The molecule has 5 heteroatoms. The van der Waals surface area contributed by atoms with Gasteiger partial charge >= 0.3 is 0 Å². The molecule has 1 saturated heterocycles. The number of amides is 2. The average molecular weight is 264 g/mol. The van der Waals surface area contributed by atoms with Crippen molar-refractivity contribution >= 4 is 11.8 Å². The second-order valence-corrected chi connectivity index (χ2v) is 5.27. The highest BCUT2D eigenvalue weighted by molar-refractivity contribution is 5.96. The highest BCUT2D eigenvalue weighted by atomic mass is 16.3. The molecule has 1 aliphatic rings. The lowest BCUT2D eigenvalue weighted by atomic mass is 9.98. The zero-order chi connectivity index (χ0) is 14.0. The molecule has 19 heavy (non-hydrogen) atoms. The van der Waals surface area contributed by atoms with Crippen molar-refractivity contribution in [1.82, 2.24) is 10.2 Å². The largest absolute Gasteiger partial charge is 0.469 e. The highest BCUT2D eigenvalue weighted by Gasteiger charge is 2.39. The van der Waals surface area contributed by atoms with Crippen LogP contribution in [0, 0.1) is 5.92 Å². The van der Waals surface area contributed by atoms with Crippen LogP contribution in [0.5, 0.6) is 0 Å². The highest BCUT2D eigenvalue weighted by Crippen LogP contribution is 2.16. The Morgan fingerprint density at radius 2 is 2.16 bits per heavy atom. The quantitative estimate of drug-likeness (QED) is 0.888. The fourth-order valence-electron chi connectivity index (χ4n) is 2.29. The van der Waals surface area contributed by atoms with Crippen LogP contribution in [0.2, 0.25) is 0 Å². The van der Waals surface area contributed by atoms with Crippen molar-refractivity contribution in [2.24, 2.45) is 5.92 Å². The topological polar surface area (TPSA) is 62.6 Å². The van der Waals surface area contributed by atoms with Crippen molar-refractivity contribution in [3.63, 3.8) is 0 Å². The van der Waals surface area contributed by atoms with Gasteiger partial charge in [0.15, 0.2) is 0 Å². The van der Waals surface area contributed by atoms with Crippen molar-refractivity contribution in [2.75, 3.05) is 6.54 Å². The van der Waals surface area contributed by atoms with Gasteiger partial charge in [0.2, 0.25) is 11.8 Å². The van der Waals surface area contributed by atoms with Crippen molar-refractivity contribution in [2.45, 2.75) is 39.3 Å². The molecule has 2 amide bonds. The van der Waals surface area contributed by atoms with Gasteiger partial charge in [-0.1, -0.05) is 13.8 Å². The number of nitrogens with one attached hydrogen (secondary N) is 1. The van der Waals surface area contributed by atoms with Crippen LogP contribution >= 0.6 is 0 Å². The first-order valence-electron chi connectivity index (χ1n) is 6.64. The Hall–Kier alpha value is -1.78. The van der Waals surface area contributed by atoms with E-state index in [1.54, 1.807) is 18.1 Å². The van der Waals surface area contributed by atoms with Crippen molar-refractivity contribution in [3.05, 3.63) is 24.2 Å². The minimum absolute atomic E-state index is 0.00587. The maximum absolute atomic E-state index is 12.4. The molecular weight excluding hydrogens is 244 g/mol. The normalized spacial score (nSPS) is 23.9. The van der Waals surface area contributed by atoms with Gasteiger partial charge in [-0.25, -0.2) is 0 Å². The molecule has 1 aromatic rings. The maximum atomic E-state index is 12.4. The zero-order valence-corrected chi connectivity index (χ0v) is 11.6. The van der Waals surface area contributed by atoms with Gasteiger partial charge in [0, 0.05) is 13.0 Å². The lowest BCUT2D eigenvalue weighted by Gasteiger charge is -2.38. The van der Waals surface area contributed by atoms with Gasteiger partial charge in [0.05, 0.1) is 6.26 Å². The molecule has 1 N–H and O–H groups in total. The van der Waals surface area contributed by atoms with Crippen LogP contribution in [0.3, 0.4) is 0 Å². The summed E-state index contributed by atoms with van der Waals surface area (Å²) in [7, 11) is 0. The van der Waals surface area contributed by atoms with E-state index in [9.17, 15) is 9.59 Å². The lowest BCUT2D eigenvalue weighted by molar-refractivity contribution is -0.149. The van der Waals surface area contributed by atoms with E-state index in [2.05, 4.69) is 5.32 Å². The van der Waals surface area contributed by atoms with Crippen LogP contribution in [0.4, 0.5) is 0 Å². The summed E-state index contributed by atoms with van der Waals surface area (Å²) in [5.41, 5.74) is 0. The summed E-state index contributed by atoms with van der Waals surface area (Å²) in [5.74, 6) is 0.827. The van der Waals surface area contributed by atoms with Crippen molar-refractivity contribution in [1.29, 1.82) is 0 Å². The summed E-state index contributed by atoms with van der Waals surface area (Å²) >= 11 is 0. The Balaban J connectivity index is 2.07. The number of nitrogens with zero attached hydrogens (tertiary/aromatic N) is 1.